The van der Waals surface area contributed by atoms with Crippen LogP contribution in [0.4, 0.5) is 13.2 Å². The number of aromatic nitrogens is 1. The lowest BCUT2D eigenvalue weighted by atomic mass is 10.3. The van der Waals surface area contributed by atoms with Crippen molar-refractivity contribution in [3.8, 4) is 12.3 Å². The molecule has 1 aromatic heterocycles. The van der Waals surface area contributed by atoms with Crippen LogP contribution in [-0.2, 0) is 6.18 Å². The van der Waals surface area contributed by atoms with Crippen molar-refractivity contribution < 1.29 is 17.7 Å². The first-order chi connectivity index (χ1) is 5.54. The summed E-state index contributed by atoms with van der Waals surface area (Å²) in [5, 5.41) is 3.08. The molecule has 5 heteroatoms. The van der Waals surface area contributed by atoms with Gasteiger partial charge in [0.25, 0.3) is 0 Å². The SMILES string of the molecule is C#C[CH]c1cc(C(F)(F)F)on1. The van der Waals surface area contributed by atoms with Gasteiger partial charge in [-0.25, -0.2) is 0 Å². The van der Waals surface area contributed by atoms with Crippen molar-refractivity contribution in [1.82, 2.24) is 5.16 Å². The van der Waals surface area contributed by atoms with Crippen LogP contribution in [0.3, 0.4) is 0 Å². The van der Waals surface area contributed by atoms with Crippen molar-refractivity contribution in [1.29, 1.82) is 0 Å². The molecular formula is C7H3F3NO. The van der Waals surface area contributed by atoms with Crippen LogP contribution in [0.5, 0.6) is 0 Å². The molecule has 0 aliphatic rings. The van der Waals surface area contributed by atoms with Crippen LogP contribution in [0.25, 0.3) is 0 Å². The first kappa shape index (κ1) is 8.65. The Balaban J connectivity index is 2.86. The molecule has 1 radical (unpaired) electrons. The van der Waals surface area contributed by atoms with E-state index >= 15 is 0 Å². The Morgan fingerprint density at radius 1 is 1.58 bits per heavy atom. The summed E-state index contributed by atoms with van der Waals surface area (Å²) in [6.45, 7) is 0. The summed E-state index contributed by atoms with van der Waals surface area (Å²) in [5.74, 6) is 0.885. The molecular weight excluding hydrogens is 171 g/mol. The van der Waals surface area contributed by atoms with E-state index in [0.29, 0.717) is 0 Å². The van der Waals surface area contributed by atoms with Gasteiger partial charge in [-0.2, -0.15) is 13.2 Å². The van der Waals surface area contributed by atoms with E-state index in [0.717, 1.165) is 12.5 Å². The highest BCUT2D eigenvalue weighted by Gasteiger charge is 2.35. The summed E-state index contributed by atoms with van der Waals surface area (Å²) in [5.41, 5.74) is -0.00942. The molecule has 0 unspecified atom stereocenters. The van der Waals surface area contributed by atoms with E-state index < -0.39 is 11.9 Å². The molecule has 0 saturated carbocycles. The summed E-state index contributed by atoms with van der Waals surface area (Å²) in [6.07, 6.45) is 1.39. The van der Waals surface area contributed by atoms with Gasteiger partial charge in [-0.1, -0.05) is 11.1 Å². The van der Waals surface area contributed by atoms with Crippen LogP contribution in [-0.4, -0.2) is 5.16 Å². The topological polar surface area (TPSA) is 26.0 Å². The highest BCUT2D eigenvalue weighted by atomic mass is 19.4. The van der Waals surface area contributed by atoms with Crippen molar-refractivity contribution in [3.63, 3.8) is 0 Å². The number of alkyl halides is 3. The molecule has 0 spiro atoms. The molecule has 0 amide bonds. The molecule has 1 rings (SSSR count). The average molecular weight is 174 g/mol. The standard InChI is InChI=1S/C7H3F3NO/c1-2-3-5-4-6(12-11-5)7(8,9)10/h1,3-4H. The van der Waals surface area contributed by atoms with Crippen molar-refractivity contribution in [3.05, 3.63) is 23.9 Å². The monoisotopic (exact) mass is 174 g/mol. The third kappa shape index (κ3) is 1.78. The molecule has 0 saturated heterocycles. The third-order valence-electron chi connectivity index (χ3n) is 1.04. The molecule has 0 N–H and O–H groups in total. The number of hydrogen-bond acceptors (Lipinski definition) is 2. The van der Waals surface area contributed by atoms with Crippen LogP contribution in [0.15, 0.2) is 10.6 Å². The quantitative estimate of drug-likeness (QED) is 0.607. The fourth-order valence-electron chi connectivity index (χ4n) is 0.576. The second-order valence-electron chi connectivity index (χ2n) is 1.92. The molecule has 0 atom stereocenters. The van der Waals surface area contributed by atoms with E-state index in [2.05, 4.69) is 9.68 Å². The summed E-state index contributed by atoms with van der Waals surface area (Å²) < 4.78 is 39.5. The molecule has 0 aromatic carbocycles. The van der Waals surface area contributed by atoms with Crippen molar-refractivity contribution in [2.75, 3.05) is 0 Å². The van der Waals surface area contributed by atoms with Crippen LogP contribution < -0.4 is 0 Å². The molecule has 1 heterocycles. The Morgan fingerprint density at radius 2 is 2.25 bits per heavy atom. The zero-order valence-corrected chi connectivity index (χ0v) is 5.72. The van der Waals surface area contributed by atoms with E-state index in [-0.39, 0.29) is 5.69 Å². The van der Waals surface area contributed by atoms with E-state index in [1.54, 1.807) is 0 Å². The second kappa shape index (κ2) is 2.89. The van der Waals surface area contributed by atoms with Crippen molar-refractivity contribution >= 4 is 0 Å². The minimum absolute atomic E-state index is 0.00942. The zero-order chi connectivity index (χ0) is 9.19. The van der Waals surface area contributed by atoms with Gasteiger partial charge < -0.3 is 4.52 Å². The predicted molar refractivity (Wildman–Crippen MR) is 33.7 cm³/mol. The lowest BCUT2D eigenvalue weighted by Crippen LogP contribution is -2.02. The lowest BCUT2D eigenvalue weighted by Gasteiger charge is -1.97. The molecule has 0 fully saturated rings. The molecule has 63 valence electrons. The number of rotatable bonds is 1. The summed E-state index contributed by atoms with van der Waals surface area (Å²) in [6, 6.07) is 0.736. The number of nitrogens with zero attached hydrogens (tertiary/aromatic N) is 1. The maximum Gasteiger partial charge on any atom is 0.452 e. The maximum absolute atomic E-state index is 11.8. The number of terminal acetylenes is 1. The highest BCUT2D eigenvalue weighted by Crippen LogP contribution is 2.29. The fraction of sp³-hybridized carbons (Fsp3) is 0.143. The smallest absolute Gasteiger partial charge is 0.351 e. The predicted octanol–water partition coefficient (Wildman–Crippen LogP) is 1.88. The van der Waals surface area contributed by atoms with Gasteiger partial charge in [0.15, 0.2) is 0 Å². The Morgan fingerprint density at radius 3 is 2.67 bits per heavy atom. The first-order valence-corrected chi connectivity index (χ1v) is 2.87. The van der Waals surface area contributed by atoms with Crippen molar-refractivity contribution in [2.45, 2.75) is 6.18 Å². The van der Waals surface area contributed by atoms with Gasteiger partial charge in [-0.15, -0.1) is 6.42 Å². The lowest BCUT2D eigenvalue weighted by molar-refractivity contribution is -0.155. The van der Waals surface area contributed by atoms with Crippen LogP contribution in [0.2, 0.25) is 0 Å². The average Bonchev–Trinajstić information content (AvgIpc) is 2.35. The largest absolute Gasteiger partial charge is 0.452 e. The second-order valence-corrected chi connectivity index (χ2v) is 1.92. The van der Waals surface area contributed by atoms with Gasteiger partial charge in [-0.05, 0) is 0 Å². The van der Waals surface area contributed by atoms with E-state index in [9.17, 15) is 13.2 Å². The fourth-order valence-corrected chi connectivity index (χ4v) is 0.576. The van der Waals surface area contributed by atoms with E-state index in [1.165, 1.54) is 0 Å². The number of halogens is 3. The van der Waals surface area contributed by atoms with Crippen LogP contribution in [0, 0.1) is 18.8 Å². The van der Waals surface area contributed by atoms with Gasteiger partial charge in [0.05, 0.1) is 6.42 Å². The van der Waals surface area contributed by atoms with Gasteiger partial charge in [-0.3, -0.25) is 0 Å². The Bertz CT molecular complexity index is 307. The summed E-state index contributed by atoms with van der Waals surface area (Å²) >= 11 is 0. The number of hydrogen-bond donors (Lipinski definition) is 0. The van der Waals surface area contributed by atoms with E-state index in [1.807, 2.05) is 5.92 Å². The highest BCUT2D eigenvalue weighted by molar-refractivity contribution is 5.24. The van der Waals surface area contributed by atoms with Gasteiger partial charge >= 0.3 is 6.18 Å². The summed E-state index contributed by atoms with van der Waals surface area (Å²) in [4.78, 5) is 0. The molecule has 12 heavy (non-hydrogen) atoms. The molecule has 0 bridgehead atoms. The minimum atomic E-state index is -4.51. The van der Waals surface area contributed by atoms with Gasteiger partial charge in [0.2, 0.25) is 5.76 Å². The molecule has 1 aromatic rings. The summed E-state index contributed by atoms with van der Waals surface area (Å²) in [7, 11) is 0. The van der Waals surface area contributed by atoms with Gasteiger partial charge in [0.1, 0.15) is 5.69 Å². The Hall–Kier alpha value is -1.44. The van der Waals surface area contributed by atoms with Crippen LogP contribution in [0.1, 0.15) is 11.5 Å². The van der Waals surface area contributed by atoms with E-state index in [4.69, 9.17) is 6.42 Å². The minimum Gasteiger partial charge on any atom is -0.351 e. The first-order valence-electron chi connectivity index (χ1n) is 2.87. The Kier molecular flexibility index (Phi) is 2.09. The van der Waals surface area contributed by atoms with Crippen LogP contribution >= 0.6 is 0 Å². The third-order valence-corrected chi connectivity index (χ3v) is 1.04. The normalized spacial score (nSPS) is 11.2. The molecule has 0 aliphatic heterocycles. The maximum atomic E-state index is 11.8. The Labute approximate surface area is 66.4 Å². The zero-order valence-electron chi connectivity index (χ0n) is 5.72. The molecule has 2 nitrogen and oxygen atoms in total. The molecule has 0 aliphatic carbocycles. The van der Waals surface area contributed by atoms with Gasteiger partial charge in [0, 0.05) is 6.07 Å². The van der Waals surface area contributed by atoms with Crippen molar-refractivity contribution in [2.24, 2.45) is 0 Å².